The molecule has 1 rings (SSSR count). The molecule has 0 heterocycles. The van der Waals surface area contributed by atoms with E-state index in [0.717, 1.165) is 0 Å². The van der Waals surface area contributed by atoms with Gasteiger partial charge in [0.2, 0.25) is 0 Å². The minimum absolute atomic E-state index is 0.163. The Hall–Kier alpha value is -1.79. The fraction of sp³-hybridized carbons (Fsp3) is 0. The van der Waals surface area contributed by atoms with Crippen molar-refractivity contribution < 1.29 is 9.53 Å². The van der Waals surface area contributed by atoms with E-state index < -0.39 is 0 Å². The van der Waals surface area contributed by atoms with Gasteiger partial charge in [-0.3, -0.25) is 0 Å². The molecule has 0 saturated carbocycles. The maximum Gasteiger partial charge on any atom is 0.140 e. The molecule has 2 nitrogen and oxygen atoms in total. The van der Waals surface area contributed by atoms with Crippen LogP contribution in [0.3, 0.4) is 0 Å². The van der Waals surface area contributed by atoms with Crippen LogP contribution in [0.25, 0.3) is 0 Å². The third-order valence-corrected chi connectivity index (χ3v) is 1.17. The molecule has 0 aromatic heterocycles. The van der Waals surface area contributed by atoms with E-state index in [0.29, 0.717) is 5.75 Å². The Bertz CT molecular complexity index is 308. The molecule has 0 bridgehead atoms. The first-order valence-electron chi connectivity index (χ1n) is 3.38. The average molecular weight is 159 g/mol. The number of benzene rings is 1. The molecule has 59 valence electrons. The number of hydrogen-bond acceptors (Lipinski definition) is 2. The van der Waals surface area contributed by atoms with Crippen LogP contribution in [0.5, 0.6) is 5.75 Å². The number of rotatable bonds is 3. The summed E-state index contributed by atoms with van der Waals surface area (Å²) < 4.78 is 5.09. The number of allylic oxidation sites excluding steroid dienone is 1. The molecular weight excluding hydrogens is 152 g/mol. The third-order valence-electron chi connectivity index (χ3n) is 1.17. The van der Waals surface area contributed by atoms with E-state index in [9.17, 15) is 4.79 Å². The van der Waals surface area contributed by atoms with E-state index in [1.54, 1.807) is 12.1 Å². The fourth-order valence-electron chi connectivity index (χ4n) is 0.713. The first-order chi connectivity index (χ1) is 5.83. The lowest BCUT2D eigenvalue weighted by Gasteiger charge is -2.01. The van der Waals surface area contributed by atoms with Crippen LogP contribution in [0, 0.1) is 6.08 Å². The molecule has 0 aliphatic rings. The zero-order valence-corrected chi connectivity index (χ0v) is 6.41. The highest BCUT2D eigenvalue weighted by Crippen LogP contribution is 2.11. The van der Waals surface area contributed by atoms with Gasteiger partial charge < -0.3 is 4.74 Å². The zero-order chi connectivity index (χ0) is 8.81. The summed E-state index contributed by atoms with van der Waals surface area (Å²) in [4.78, 5) is 9.83. The molecule has 2 heteroatoms. The minimum atomic E-state index is 0.163. The Balaban J connectivity index is 2.64. The topological polar surface area (TPSA) is 26.3 Å². The van der Waals surface area contributed by atoms with Gasteiger partial charge in [-0.2, -0.15) is 0 Å². The highest BCUT2D eigenvalue weighted by molar-refractivity contribution is 5.46. The molecule has 0 aliphatic heterocycles. The summed E-state index contributed by atoms with van der Waals surface area (Å²) in [6.45, 7) is 3.44. The van der Waals surface area contributed by atoms with Crippen LogP contribution in [0.4, 0.5) is 0 Å². The second-order valence-electron chi connectivity index (χ2n) is 2.07. The van der Waals surface area contributed by atoms with Crippen LogP contribution >= 0.6 is 0 Å². The molecule has 0 atom stereocenters. The molecule has 0 saturated heterocycles. The molecule has 0 spiro atoms. The van der Waals surface area contributed by atoms with Gasteiger partial charge in [0.25, 0.3) is 0 Å². The van der Waals surface area contributed by atoms with Crippen molar-refractivity contribution in [3.8, 4) is 5.75 Å². The fourth-order valence-corrected chi connectivity index (χ4v) is 0.713. The summed E-state index contributed by atoms with van der Waals surface area (Å²) in [5, 5.41) is 0. The molecule has 0 unspecified atom stereocenters. The van der Waals surface area contributed by atoms with Gasteiger partial charge in [-0.15, -0.1) is 0 Å². The van der Waals surface area contributed by atoms with Gasteiger partial charge in [0.15, 0.2) is 0 Å². The van der Waals surface area contributed by atoms with E-state index in [1.165, 1.54) is 5.94 Å². The predicted molar refractivity (Wildman–Crippen MR) is 45.1 cm³/mol. The number of carbonyl (C=O) groups excluding carboxylic acids is 1. The molecule has 12 heavy (non-hydrogen) atoms. The standard InChI is InChI=1S/C10H7O2/c1-9(7-8-11)12-10-5-3-2-4-6-10/h2-6H,1H2. The Labute approximate surface area is 70.8 Å². The largest absolute Gasteiger partial charge is 0.457 e. The first-order valence-corrected chi connectivity index (χ1v) is 3.38. The number of para-hydroxylation sites is 1. The lowest BCUT2D eigenvalue weighted by Crippen LogP contribution is -1.89. The molecule has 1 aromatic rings. The second-order valence-corrected chi connectivity index (χ2v) is 2.07. The lowest BCUT2D eigenvalue weighted by molar-refractivity contribution is 0.442. The Kier molecular flexibility index (Phi) is 2.88. The van der Waals surface area contributed by atoms with E-state index in [4.69, 9.17) is 4.74 Å². The van der Waals surface area contributed by atoms with Crippen molar-refractivity contribution in [1.82, 2.24) is 0 Å². The Morgan fingerprint density at radius 2 is 2.00 bits per heavy atom. The van der Waals surface area contributed by atoms with E-state index in [-0.39, 0.29) is 5.76 Å². The van der Waals surface area contributed by atoms with Gasteiger partial charge in [-0.25, -0.2) is 4.79 Å². The number of ether oxygens (including phenoxy) is 1. The van der Waals surface area contributed by atoms with Crippen LogP contribution in [0.15, 0.2) is 42.7 Å². The lowest BCUT2D eigenvalue weighted by atomic mass is 10.3. The van der Waals surface area contributed by atoms with Crippen molar-refractivity contribution in [2.75, 3.05) is 0 Å². The Morgan fingerprint density at radius 3 is 2.58 bits per heavy atom. The number of hydrogen-bond donors (Lipinski definition) is 0. The van der Waals surface area contributed by atoms with Crippen LogP contribution in [0.1, 0.15) is 0 Å². The maximum absolute atomic E-state index is 9.83. The SMILES string of the molecule is C=C([C]=C=O)Oc1ccccc1. The van der Waals surface area contributed by atoms with Crippen molar-refractivity contribution in [2.45, 2.75) is 0 Å². The highest BCUT2D eigenvalue weighted by Gasteiger charge is 1.92. The summed E-state index contributed by atoms with van der Waals surface area (Å²) in [6, 6.07) is 9.05. The first kappa shape index (κ1) is 8.31. The monoisotopic (exact) mass is 159 g/mol. The van der Waals surface area contributed by atoms with Crippen molar-refractivity contribution in [3.05, 3.63) is 48.7 Å². The van der Waals surface area contributed by atoms with Gasteiger partial charge >= 0.3 is 0 Å². The normalized spacial score (nSPS) is 8.33. The van der Waals surface area contributed by atoms with Crippen molar-refractivity contribution >= 4 is 5.94 Å². The molecular formula is C10H7O2. The smallest absolute Gasteiger partial charge is 0.140 e. The summed E-state index contributed by atoms with van der Waals surface area (Å²) in [6.07, 6.45) is 2.17. The van der Waals surface area contributed by atoms with Gasteiger partial charge in [0.05, 0.1) is 0 Å². The van der Waals surface area contributed by atoms with Crippen molar-refractivity contribution in [1.29, 1.82) is 0 Å². The maximum atomic E-state index is 9.83. The van der Waals surface area contributed by atoms with Gasteiger partial charge in [0, 0.05) is 0 Å². The molecule has 0 amide bonds. The summed E-state index contributed by atoms with van der Waals surface area (Å²) in [5.74, 6) is 2.26. The van der Waals surface area contributed by atoms with Gasteiger partial charge in [0.1, 0.15) is 23.5 Å². The Morgan fingerprint density at radius 1 is 1.33 bits per heavy atom. The van der Waals surface area contributed by atoms with E-state index >= 15 is 0 Å². The summed E-state index contributed by atoms with van der Waals surface area (Å²) in [7, 11) is 0. The zero-order valence-electron chi connectivity index (χ0n) is 6.41. The second kappa shape index (κ2) is 4.16. The molecule has 1 radical (unpaired) electrons. The minimum Gasteiger partial charge on any atom is -0.457 e. The van der Waals surface area contributed by atoms with E-state index in [2.05, 4.69) is 12.7 Å². The van der Waals surface area contributed by atoms with Crippen molar-refractivity contribution in [3.63, 3.8) is 0 Å². The predicted octanol–water partition coefficient (Wildman–Crippen LogP) is 1.77. The van der Waals surface area contributed by atoms with Crippen LogP contribution in [0.2, 0.25) is 0 Å². The van der Waals surface area contributed by atoms with Crippen LogP contribution < -0.4 is 4.74 Å². The van der Waals surface area contributed by atoms with Gasteiger partial charge in [-0.05, 0) is 12.1 Å². The molecule has 1 aromatic carbocycles. The summed E-state index contributed by atoms with van der Waals surface area (Å²) in [5.41, 5.74) is 0. The third kappa shape index (κ3) is 2.45. The quantitative estimate of drug-likeness (QED) is 0.381. The van der Waals surface area contributed by atoms with Crippen LogP contribution in [-0.4, -0.2) is 5.94 Å². The average Bonchev–Trinajstić information content (AvgIpc) is 2.06. The van der Waals surface area contributed by atoms with Crippen molar-refractivity contribution in [2.24, 2.45) is 0 Å². The molecule has 0 aliphatic carbocycles. The molecule has 0 fully saturated rings. The van der Waals surface area contributed by atoms with Gasteiger partial charge in [-0.1, -0.05) is 24.8 Å². The van der Waals surface area contributed by atoms with Crippen LogP contribution in [-0.2, 0) is 4.79 Å². The van der Waals surface area contributed by atoms with E-state index in [1.807, 2.05) is 18.2 Å². The summed E-state index contributed by atoms with van der Waals surface area (Å²) >= 11 is 0. The highest BCUT2D eigenvalue weighted by atomic mass is 16.5. The molecule has 0 N–H and O–H groups in total.